The summed E-state index contributed by atoms with van der Waals surface area (Å²) in [6.07, 6.45) is 7.72. The minimum atomic E-state index is 0.0117. The topological polar surface area (TPSA) is 54.0 Å². The normalized spacial score (nSPS) is 19.9. The Kier molecular flexibility index (Phi) is 4.50. The minimum Gasteiger partial charge on any atom is -0.354 e. The van der Waals surface area contributed by atoms with E-state index in [1.54, 1.807) is 6.20 Å². The molecule has 4 heteroatoms. The molecular formula is C13H19N3O. The first-order valence-corrected chi connectivity index (χ1v) is 6.26. The van der Waals surface area contributed by atoms with E-state index in [4.69, 9.17) is 0 Å². The van der Waals surface area contributed by atoms with Crippen LogP contribution in [0.2, 0.25) is 0 Å². The second kappa shape index (κ2) is 6.35. The number of nitrogens with one attached hydrogen (secondary N) is 2. The van der Waals surface area contributed by atoms with E-state index < -0.39 is 0 Å². The molecule has 0 aliphatic carbocycles. The van der Waals surface area contributed by atoms with Crippen molar-refractivity contribution in [2.24, 2.45) is 0 Å². The number of carbonyl (C=O) groups excluding carboxylic acids is 1. The van der Waals surface area contributed by atoms with Crippen LogP contribution in [-0.2, 0) is 11.2 Å². The second-order valence-corrected chi connectivity index (χ2v) is 4.40. The number of amides is 1. The zero-order valence-electron chi connectivity index (χ0n) is 9.98. The Morgan fingerprint density at radius 3 is 3.18 bits per heavy atom. The third kappa shape index (κ3) is 3.82. The van der Waals surface area contributed by atoms with Gasteiger partial charge in [-0.15, -0.1) is 0 Å². The van der Waals surface area contributed by atoms with E-state index >= 15 is 0 Å². The van der Waals surface area contributed by atoms with E-state index in [0.717, 1.165) is 31.4 Å². The summed E-state index contributed by atoms with van der Waals surface area (Å²) in [4.78, 5) is 15.8. The third-order valence-electron chi connectivity index (χ3n) is 3.06. The van der Waals surface area contributed by atoms with Crippen molar-refractivity contribution in [2.75, 3.05) is 13.1 Å². The van der Waals surface area contributed by atoms with Crippen LogP contribution in [0.5, 0.6) is 0 Å². The standard InChI is InChI=1S/C13H19N3O/c17-13(12-5-1-2-8-15-12)16-9-6-11-4-3-7-14-10-11/h3-4,7,10,12,15H,1-2,5-6,8-9H2,(H,16,17)/t12-/m0/s1. The number of rotatable bonds is 4. The molecule has 2 N–H and O–H groups in total. The summed E-state index contributed by atoms with van der Waals surface area (Å²) < 4.78 is 0. The molecule has 0 unspecified atom stereocenters. The lowest BCUT2D eigenvalue weighted by atomic mass is 10.0. The van der Waals surface area contributed by atoms with Crippen LogP contribution in [0, 0.1) is 0 Å². The number of pyridine rings is 1. The maximum absolute atomic E-state index is 11.8. The Balaban J connectivity index is 1.69. The predicted octanol–water partition coefficient (Wildman–Crippen LogP) is 0.882. The first kappa shape index (κ1) is 12.0. The Morgan fingerprint density at radius 1 is 1.53 bits per heavy atom. The summed E-state index contributed by atoms with van der Waals surface area (Å²) in [5.41, 5.74) is 1.16. The summed E-state index contributed by atoms with van der Waals surface area (Å²) in [6, 6.07) is 3.95. The van der Waals surface area contributed by atoms with E-state index in [0.29, 0.717) is 6.54 Å². The smallest absolute Gasteiger partial charge is 0.237 e. The molecule has 17 heavy (non-hydrogen) atoms. The average Bonchev–Trinajstić information content (AvgIpc) is 2.41. The maximum Gasteiger partial charge on any atom is 0.237 e. The van der Waals surface area contributed by atoms with Gasteiger partial charge in [0.15, 0.2) is 0 Å². The second-order valence-electron chi connectivity index (χ2n) is 4.40. The lowest BCUT2D eigenvalue weighted by Gasteiger charge is -2.22. The van der Waals surface area contributed by atoms with Crippen LogP contribution in [0.3, 0.4) is 0 Å². The van der Waals surface area contributed by atoms with Gasteiger partial charge < -0.3 is 10.6 Å². The fourth-order valence-corrected chi connectivity index (χ4v) is 2.07. The monoisotopic (exact) mass is 233 g/mol. The number of hydrogen-bond donors (Lipinski definition) is 2. The average molecular weight is 233 g/mol. The van der Waals surface area contributed by atoms with Crippen LogP contribution in [0.4, 0.5) is 0 Å². The molecule has 4 nitrogen and oxygen atoms in total. The molecule has 0 saturated carbocycles. The number of piperidine rings is 1. The van der Waals surface area contributed by atoms with Crippen LogP contribution in [0.15, 0.2) is 24.5 Å². The van der Waals surface area contributed by atoms with Gasteiger partial charge in [0.05, 0.1) is 6.04 Å². The quantitative estimate of drug-likeness (QED) is 0.812. The fraction of sp³-hybridized carbons (Fsp3) is 0.538. The Bertz CT molecular complexity index is 347. The predicted molar refractivity (Wildman–Crippen MR) is 66.6 cm³/mol. The molecule has 0 spiro atoms. The van der Waals surface area contributed by atoms with Gasteiger partial charge in [0.25, 0.3) is 0 Å². The molecule has 0 bridgehead atoms. The molecule has 1 atom stereocenters. The highest BCUT2D eigenvalue weighted by atomic mass is 16.2. The van der Waals surface area contributed by atoms with E-state index in [-0.39, 0.29) is 11.9 Å². The molecule has 92 valence electrons. The molecule has 2 rings (SSSR count). The van der Waals surface area contributed by atoms with Crippen LogP contribution < -0.4 is 10.6 Å². The first-order chi connectivity index (χ1) is 8.36. The van der Waals surface area contributed by atoms with Crippen molar-refractivity contribution in [1.82, 2.24) is 15.6 Å². The molecule has 2 heterocycles. The van der Waals surface area contributed by atoms with Crippen molar-refractivity contribution >= 4 is 5.91 Å². The third-order valence-corrected chi connectivity index (χ3v) is 3.06. The fourth-order valence-electron chi connectivity index (χ4n) is 2.07. The van der Waals surface area contributed by atoms with Gasteiger partial charge in [0.2, 0.25) is 5.91 Å². The van der Waals surface area contributed by atoms with Gasteiger partial charge >= 0.3 is 0 Å². The number of hydrogen-bond acceptors (Lipinski definition) is 3. The molecule has 1 amide bonds. The molecular weight excluding hydrogens is 214 g/mol. The molecule has 0 aromatic carbocycles. The Morgan fingerprint density at radius 2 is 2.47 bits per heavy atom. The Hall–Kier alpha value is -1.42. The van der Waals surface area contributed by atoms with Crippen LogP contribution >= 0.6 is 0 Å². The van der Waals surface area contributed by atoms with Gasteiger partial charge in [-0.2, -0.15) is 0 Å². The lowest BCUT2D eigenvalue weighted by Crippen LogP contribution is -2.47. The van der Waals surface area contributed by atoms with E-state index in [1.165, 1.54) is 6.42 Å². The van der Waals surface area contributed by atoms with E-state index in [9.17, 15) is 4.79 Å². The van der Waals surface area contributed by atoms with Crippen molar-refractivity contribution in [3.05, 3.63) is 30.1 Å². The van der Waals surface area contributed by atoms with E-state index in [1.807, 2.05) is 18.3 Å². The summed E-state index contributed by atoms with van der Waals surface area (Å²) >= 11 is 0. The van der Waals surface area contributed by atoms with Gasteiger partial charge in [0, 0.05) is 18.9 Å². The minimum absolute atomic E-state index is 0.0117. The largest absolute Gasteiger partial charge is 0.354 e. The summed E-state index contributed by atoms with van der Waals surface area (Å²) in [5.74, 6) is 0.133. The molecule has 1 aromatic heterocycles. The maximum atomic E-state index is 11.8. The van der Waals surface area contributed by atoms with Crippen molar-refractivity contribution in [3.8, 4) is 0 Å². The lowest BCUT2D eigenvalue weighted by molar-refractivity contribution is -0.123. The molecule has 1 aromatic rings. The molecule has 1 aliphatic rings. The molecule has 0 radical (unpaired) electrons. The highest BCUT2D eigenvalue weighted by molar-refractivity contribution is 5.81. The zero-order valence-corrected chi connectivity index (χ0v) is 9.98. The van der Waals surface area contributed by atoms with Crippen LogP contribution in [0.1, 0.15) is 24.8 Å². The number of nitrogens with zero attached hydrogens (tertiary/aromatic N) is 1. The van der Waals surface area contributed by atoms with Crippen molar-refractivity contribution in [1.29, 1.82) is 0 Å². The van der Waals surface area contributed by atoms with Gasteiger partial charge in [-0.1, -0.05) is 12.5 Å². The van der Waals surface area contributed by atoms with Crippen LogP contribution in [-0.4, -0.2) is 30.0 Å². The zero-order chi connectivity index (χ0) is 11.9. The molecule has 1 fully saturated rings. The van der Waals surface area contributed by atoms with Gasteiger partial charge in [0.1, 0.15) is 0 Å². The van der Waals surface area contributed by atoms with Gasteiger partial charge in [-0.05, 0) is 37.4 Å². The van der Waals surface area contributed by atoms with Crippen molar-refractivity contribution in [3.63, 3.8) is 0 Å². The van der Waals surface area contributed by atoms with Gasteiger partial charge in [-0.25, -0.2) is 0 Å². The SMILES string of the molecule is O=C(NCCc1cccnc1)[C@@H]1CCCCN1. The summed E-state index contributed by atoms with van der Waals surface area (Å²) in [6.45, 7) is 1.64. The number of aromatic nitrogens is 1. The van der Waals surface area contributed by atoms with E-state index in [2.05, 4.69) is 15.6 Å². The Labute approximate surface area is 102 Å². The first-order valence-electron chi connectivity index (χ1n) is 6.26. The highest BCUT2D eigenvalue weighted by Gasteiger charge is 2.19. The van der Waals surface area contributed by atoms with Crippen LogP contribution in [0.25, 0.3) is 0 Å². The molecule has 1 saturated heterocycles. The summed E-state index contributed by atoms with van der Waals surface area (Å²) in [5, 5.41) is 6.21. The summed E-state index contributed by atoms with van der Waals surface area (Å²) in [7, 11) is 0. The molecule has 1 aliphatic heterocycles. The highest BCUT2D eigenvalue weighted by Crippen LogP contribution is 2.06. The van der Waals surface area contributed by atoms with Crippen molar-refractivity contribution < 1.29 is 4.79 Å². The number of carbonyl (C=O) groups is 1. The van der Waals surface area contributed by atoms with Crippen molar-refractivity contribution in [2.45, 2.75) is 31.7 Å². The van der Waals surface area contributed by atoms with Gasteiger partial charge in [-0.3, -0.25) is 9.78 Å².